The van der Waals surface area contributed by atoms with E-state index < -0.39 is 11.9 Å². The van der Waals surface area contributed by atoms with E-state index in [1.165, 1.54) is 18.5 Å². The van der Waals surface area contributed by atoms with Crippen molar-refractivity contribution in [3.63, 3.8) is 0 Å². The summed E-state index contributed by atoms with van der Waals surface area (Å²) in [7, 11) is 1.61. The van der Waals surface area contributed by atoms with Gasteiger partial charge in [-0.15, -0.1) is 0 Å². The number of halogens is 2. The number of rotatable bonds is 10. The average molecular weight is 693 g/mol. The van der Waals surface area contributed by atoms with Gasteiger partial charge in [-0.3, -0.25) is 19.4 Å². The molecule has 4 aliphatic rings. The van der Waals surface area contributed by atoms with Gasteiger partial charge in [-0.25, -0.2) is 19.4 Å². The van der Waals surface area contributed by atoms with Crippen LogP contribution in [0.3, 0.4) is 0 Å². The second kappa shape index (κ2) is 14.9. The van der Waals surface area contributed by atoms with Crippen LogP contribution in [0, 0.1) is 5.82 Å². The molecule has 0 saturated carbocycles. The summed E-state index contributed by atoms with van der Waals surface area (Å²) in [6.45, 7) is 11.8. The molecule has 0 spiro atoms. The number of hydroxylamine groups is 1. The number of nitrogens with one attached hydrogen (secondary N) is 2. The zero-order chi connectivity index (χ0) is 33.9. The first-order chi connectivity index (χ1) is 23.9. The van der Waals surface area contributed by atoms with Gasteiger partial charge in [0.25, 0.3) is 0 Å². The van der Waals surface area contributed by atoms with Crippen LogP contribution in [0.1, 0.15) is 30.9 Å². The lowest BCUT2D eigenvalue weighted by Gasteiger charge is -2.46. The Kier molecular flexibility index (Phi) is 10.1. The molecule has 0 unspecified atom stereocenters. The molecule has 14 heteroatoms. The van der Waals surface area contributed by atoms with E-state index >= 15 is 0 Å². The molecule has 2 N–H and O–H groups in total. The van der Waals surface area contributed by atoms with Gasteiger partial charge in [0.2, 0.25) is 5.91 Å². The highest BCUT2D eigenvalue weighted by Gasteiger charge is 2.34. The first-order valence-electron chi connectivity index (χ1n) is 16.8. The van der Waals surface area contributed by atoms with Gasteiger partial charge in [-0.05, 0) is 31.1 Å². The maximum atomic E-state index is 14.9. The predicted molar refractivity (Wildman–Crippen MR) is 187 cm³/mol. The van der Waals surface area contributed by atoms with Crippen molar-refractivity contribution >= 4 is 46.2 Å². The number of hydrogen-bond donors (Lipinski definition) is 2. The summed E-state index contributed by atoms with van der Waals surface area (Å²) >= 11 is 6.08. The van der Waals surface area contributed by atoms with E-state index in [1.54, 1.807) is 30.4 Å². The van der Waals surface area contributed by atoms with Gasteiger partial charge in [-0.1, -0.05) is 30.3 Å². The predicted octanol–water partition coefficient (Wildman–Crippen LogP) is 5.01. The Labute approximate surface area is 290 Å². The topological polar surface area (TPSA) is 108 Å². The number of anilines is 5. The van der Waals surface area contributed by atoms with E-state index in [1.807, 2.05) is 12.1 Å². The van der Waals surface area contributed by atoms with Crippen LogP contribution in [0.2, 0.25) is 5.02 Å². The number of hydrogen-bond acceptors (Lipinski definition) is 11. The van der Waals surface area contributed by atoms with E-state index in [2.05, 4.69) is 41.9 Å². The van der Waals surface area contributed by atoms with Crippen LogP contribution in [0.15, 0.2) is 55.4 Å². The lowest BCUT2D eigenvalue weighted by Crippen LogP contribution is -2.59. The third-order valence-electron chi connectivity index (χ3n) is 9.95. The average Bonchev–Trinajstić information content (AvgIpc) is 3.59. The van der Waals surface area contributed by atoms with Crippen molar-refractivity contribution in [2.45, 2.75) is 37.4 Å². The van der Waals surface area contributed by atoms with E-state index in [0.29, 0.717) is 59.4 Å². The summed E-state index contributed by atoms with van der Waals surface area (Å²) in [6, 6.07) is 11.2. The Morgan fingerprint density at radius 1 is 1.02 bits per heavy atom. The molecule has 4 saturated heterocycles. The molecule has 260 valence electrons. The summed E-state index contributed by atoms with van der Waals surface area (Å²) in [5.74, 6) is 0.719. The number of benzene rings is 2. The molecular formula is C35H42ClFN8O4. The van der Waals surface area contributed by atoms with Gasteiger partial charge in [0.15, 0.2) is 5.82 Å². The second-order valence-electron chi connectivity index (χ2n) is 12.7. The van der Waals surface area contributed by atoms with Gasteiger partial charge in [0.05, 0.1) is 61.1 Å². The van der Waals surface area contributed by atoms with Gasteiger partial charge in [-0.2, -0.15) is 0 Å². The maximum absolute atomic E-state index is 14.9. The van der Waals surface area contributed by atoms with Gasteiger partial charge in [0.1, 0.15) is 23.7 Å². The molecule has 5 heterocycles. The molecule has 12 nitrogen and oxygen atoms in total. The minimum absolute atomic E-state index is 0.0578. The molecule has 0 bridgehead atoms. The number of ether oxygens (including phenoxy) is 2. The Morgan fingerprint density at radius 2 is 1.78 bits per heavy atom. The van der Waals surface area contributed by atoms with Crippen molar-refractivity contribution in [3.05, 3.63) is 71.8 Å². The Morgan fingerprint density at radius 3 is 2.47 bits per heavy atom. The first kappa shape index (κ1) is 33.5. The smallest absolute Gasteiger partial charge is 0.247 e. The van der Waals surface area contributed by atoms with E-state index in [0.717, 1.165) is 71.0 Å². The van der Waals surface area contributed by atoms with E-state index in [9.17, 15) is 9.18 Å². The van der Waals surface area contributed by atoms with Crippen LogP contribution in [0.25, 0.3) is 0 Å². The van der Waals surface area contributed by atoms with E-state index in [-0.39, 0.29) is 10.9 Å². The number of piperidine rings is 1. The fourth-order valence-electron chi connectivity index (χ4n) is 7.18. The van der Waals surface area contributed by atoms with Crippen molar-refractivity contribution in [1.82, 2.24) is 19.8 Å². The standard InChI is InChI=1S/C35H42ClFN8O4/c1-3-34(46)41-27-17-28(40-32-19-33(39-22-38-32)45-29(9-16-49-45)25-5-4-6-26(36)35(25)37)31(47-2)18-30(27)44-10-7-23(8-11-44)42-12-14-43(15-13-42)24-20-48-21-24/h3-6,17-19,22-24,29H,1,7-16,20-21H2,2H3,(H,41,46)(H,38,39,40)/t29-/m1/s1. The fourth-order valence-corrected chi connectivity index (χ4v) is 7.37. The minimum atomic E-state index is -0.474. The van der Waals surface area contributed by atoms with Gasteiger partial charge >= 0.3 is 0 Å². The van der Waals surface area contributed by atoms with Crippen molar-refractivity contribution in [2.75, 3.05) is 86.8 Å². The van der Waals surface area contributed by atoms with Crippen molar-refractivity contribution in [3.8, 4) is 5.75 Å². The number of aromatic nitrogens is 2. The lowest BCUT2D eigenvalue weighted by atomic mass is 10.0. The van der Waals surface area contributed by atoms with Gasteiger partial charge < -0.3 is 25.0 Å². The van der Waals surface area contributed by atoms with Crippen LogP contribution >= 0.6 is 11.6 Å². The number of nitrogens with zero attached hydrogens (tertiary/aromatic N) is 6. The van der Waals surface area contributed by atoms with Crippen molar-refractivity contribution in [2.24, 2.45) is 0 Å². The Balaban J connectivity index is 1.07. The van der Waals surface area contributed by atoms with E-state index in [4.69, 9.17) is 25.9 Å². The summed E-state index contributed by atoms with van der Waals surface area (Å²) in [4.78, 5) is 34.8. The van der Waals surface area contributed by atoms with Crippen molar-refractivity contribution in [1.29, 1.82) is 0 Å². The molecule has 1 amide bonds. The van der Waals surface area contributed by atoms with Crippen LogP contribution in [-0.2, 0) is 14.4 Å². The van der Waals surface area contributed by atoms with Crippen molar-refractivity contribution < 1.29 is 23.5 Å². The number of methoxy groups -OCH3 is 1. The summed E-state index contributed by atoms with van der Waals surface area (Å²) < 4.78 is 26.2. The second-order valence-corrected chi connectivity index (χ2v) is 13.1. The van der Waals surface area contributed by atoms with Crippen LogP contribution in [0.5, 0.6) is 5.75 Å². The molecule has 3 aromatic rings. The summed E-state index contributed by atoms with van der Waals surface area (Å²) in [5.41, 5.74) is 2.55. The Bertz CT molecular complexity index is 1660. The molecule has 1 atom stereocenters. The third kappa shape index (κ3) is 7.17. The molecule has 0 radical (unpaired) electrons. The normalized spacial score (nSPS) is 21.0. The lowest BCUT2D eigenvalue weighted by molar-refractivity contribution is -0.111. The van der Waals surface area contributed by atoms with Gasteiger partial charge in [0, 0.05) is 69.4 Å². The highest BCUT2D eigenvalue weighted by Crippen LogP contribution is 2.41. The quantitative estimate of drug-likeness (QED) is 0.280. The summed E-state index contributed by atoms with van der Waals surface area (Å²) in [6.07, 6.45) is 5.31. The zero-order valence-electron chi connectivity index (χ0n) is 27.6. The molecule has 4 aliphatic heterocycles. The highest BCUT2D eigenvalue weighted by atomic mass is 35.5. The molecule has 1 aromatic heterocycles. The molecule has 4 fully saturated rings. The number of carbonyl (C=O) groups excluding carboxylic acids is 1. The van der Waals surface area contributed by atoms with Crippen LogP contribution in [0.4, 0.5) is 33.1 Å². The van der Waals surface area contributed by atoms with Crippen LogP contribution in [-0.4, -0.2) is 104 Å². The first-order valence-corrected chi connectivity index (χ1v) is 17.2. The molecule has 7 rings (SSSR count). The number of piperazine rings is 1. The maximum Gasteiger partial charge on any atom is 0.247 e. The largest absolute Gasteiger partial charge is 0.494 e. The number of amides is 1. The Hall–Kier alpha value is -4.01. The number of carbonyl (C=O) groups is 1. The molecule has 2 aromatic carbocycles. The minimum Gasteiger partial charge on any atom is -0.494 e. The molecule has 0 aliphatic carbocycles. The van der Waals surface area contributed by atoms with Crippen LogP contribution < -0.4 is 25.3 Å². The fraction of sp³-hybridized carbons (Fsp3) is 0.457. The molecular weight excluding hydrogens is 651 g/mol. The third-order valence-corrected chi connectivity index (χ3v) is 10.2. The molecule has 49 heavy (non-hydrogen) atoms. The summed E-state index contributed by atoms with van der Waals surface area (Å²) in [5, 5.41) is 7.97. The SMILES string of the molecule is C=CC(=O)Nc1cc(Nc2cc(N3OCC[C@@H]3c3cccc(Cl)c3F)ncn2)c(OC)cc1N1CCC(N2CCN(C3COC3)CC2)CC1. The zero-order valence-corrected chi connectivity index (χ0v) is 28.4. The monoisotopic (exact) mass is 692 g/mol. The highest BCUT2D eigenvalue weighted by molar-refractivity contribution is 6.30.